The van der Waals surface area contributed by atoms with E-state index in [-0.39, 0.29) is 46.8 Å². The Kier molecular flexibility index (Phi) is 3.99. The molecular formula is C15H16O6. The second-order valence-electron chi connectivity index (χ2n) is 5.10. The van der Waals surface area contributed by atoms with Crippen molar-refractivity contribution >= 4 is 16.6 Å². The Morgan fingerprint density at radius 1 is 1.33 bits per heavy atom. The lowest BCUT2D eigenvalue weighted by Crippen LogP contribution is -2.15. The van der Waals surface area contributed by atoms with Crippen LogP contribution in [0.1, 0.15) is 24.7 Å². The molecule has 1 heterocycles. The summed E-state index contributed by atoms with van der Waals surface area (Å²) < 4.78 is 5.05. The number of carbonyl (C=O) groups excluding carboxylic acids is 1. The zero-order valence-corrected chi connectivity index (χ0v) is 11.7. The van der Waals surface area contributed by atoms with Gasteiger partial charge in [-0.3, -0.25) is 4.79 Å². The summed E-state index contributed by atoms with van der Waals surface area (Å²) >= 11 is 0. The fourth-order valence-electron chi connectivity index (χ4n) is 2.21. The third-order valence-electron chi connectivity index (χ3n) is 3.26. The lowest BCUT2D eigenvalue weighted by atomic mass is 10.0. The van der Waals surface area contributed by atoms with Crippen LogP contribution >= 0.6 is 0 Å². The summed E-state index contributed by atoms with van der Waals surface area (Å²) in [6, 6.07) is 2.81. The Labute approximate surface area is 120 Å². The first-order valence-corrected chi connectivity index (χ1v) is 6.45. The zero-order valence-electron chi connectivity index (χ0n) is 11.7. The van der Waals surface area contributed by atoms with E-state index in [9.17, 15) is 24.9 Å². The van der Waals surface area contributed by atoms with Crippen molar-refractivity contribution in [2.75, 3.05) is 0 Å². The molecule has 0 aliphatic rings. The number of ketones is 1. The number of rotatable bonds is 4. The minimum atomic E-state index is -0.948. The first-order chi connectivity index (χ1) is 9.79. The highest BCUT2D eigenvalue weighted by Gasteiger charge is 2.16. The normalized spacial score (nSPS) is 12.5. The molecule has 112 valence electrons. The van der Waals surface area contributed by atoms with Gasteiger partial charge in [0.05, 0.1) is 6.10 Å². The highest BCUT2D eigenvalue weighted by Crippen LogP contribution is 2.33. The van der Waals surface area contributed by atoms with E-state index in [4.69, 9.17) is 4.42 Å². The van der Waals surface area contributed by atoms with Gasteiger partial charge in [-0.05, 0) is 31.4 Å². The van der Waals surface area contributed by atoms with Crippen molar-refractivity contribution in [3.63, 3.8) is 0 Å². The van der Waals surface area contributed by atoms with Gasteiger partial charge >= 0.3 is 5.63 Å². The van der Waals surface area contributed by atoms with Gasteiger partial charge in [0.2, 0.25) is 0 Å². The zero-order chi connectivity index (χ0) is 15.7. The first-order valence-electron chi connectivity index (χ1n) is 6.45. The lowest BCUT2D eigenvalue weighted by molar-refractivity contribution is -0.118. The quantitative estimate of drug-likeness (QED) is 0.786. The van der Waals surface area contributed by atoms with Gasteiger partial charge in [-0.1, -0.05) is 0 Å². The summed E-state index contributed by atoms with van der Waals surface area (Å²) in [5, 5.41) is 29.6. The van der Waals surface area contributed by atoms with Gasteiger partial charge in [0.25, 0.3) is 0 Å². The second-order valence-corrected chi connectivity index (χ2v) is 5.10. The maximum absolute atomic E-state index is 11.9. The van der Waals surface area contributed by atoms with E-state index in [1.165, 1.54) is 26.0 Å². The smallest absolute Gasteiger partial charge is 0.347 e. The van der Waals surface area contributed by atoms with E-state index in [1.807, 2.05) is 0 Å². The van der Waals surface area contributed by atoms with Gasteiger partial charge in [0, 0.05) is 18.4 Å². The second kappa shape index (κ2) is 5.57. The van der Waals surface area contributed by atoms with Crippen LogP contribution in [0.15, 0.2) is 21.3 Å². The SMILES string of the molecule is CC(=O)C[C@H](O)Cc1cc2cc(O)c(C)c(O)c2c(=O)o1. The number of hydrogen-bond acceptors (Lipinski definition) is 6. The van der Waals surface area contributed by atoms with Gasteiger partial charge in [-0.2, -0.15) is 0 Å². The molecule has 1 aromatic heterocycles. The van der Waals surface area contributed by atoms with E-state index in [0.29, 0.717) is 5.39 Å². The number of Topliss-reactive ketones (excluding diaryl/α,β-unsaturated/α-hetero) is 1. The Morgan fingerprint density at radius 3 is 2.62 bits per heavy atom. The predicted octanol–water partition coefficient (Wildman–Crippen LogP) is 1.40. The largest absolute Gasteiger partial charge is 0.508 e. The molecule has 1 atom stereocenters. The molecule has 0 bridgehead atoms. The maximum atomic E-state index is 11.9. The van der Waals surface area contributed by atoms with Crippen LogP contribution in [-0.2, 0) is 11.2 Å². The molecule has 0 aliphatic heterocycles. The third kappa shape index (κ3) is 3.05. The fraction of sp³-hybridized carbons (Fsp3) is 0.333. The number of aliphatic hydroxyl groups excluding tert-OH is 1. The number of phenolic OH excluding ortho intramolecular Hbond substituents is 2. The van der Waals surface area contributed by atoms with Crippen LogP contribution in [-0.4, -0.2) is 27.2 Å². The Morgan fingerprint density at radius 2 is 2.00 bits per heavy atom. The van der Waals surface area contributed by atoms with Crippen LogP contribution in [0.2, 0.25) is 0 Å². The molecule has 0 amide bonds. The molecule has 0 aliphatic carbocycles. The van der Waals surface area contributed by atoms with Crippen molar-refractivity contribution in [2.45, 2.75) is 32.8 Å². The Balaban J connectivity index is 2.48. The monoisotopic (exact) mass is 292 g/mol. The molecule has 0 saturated heterocycles. The van der Waals surface area contributed by atoms with Crippen LogP contribution in [0.5, 0.6) is 11.5 Å². The van der Waals surface area contributed by atoms with Crippen molar-refractivity contribution in [3.8, 4) is 11.5 Å². The fourth-order valence-corrected chi connectivity index (χ4v) is 2.21. The molecule has 21 heavy (non-hydrogen) atoms. The summed E-state index contributed by atoms with van der Waals surface area (Å²) in [6.45, 7) is 2.84. The molecule has 6 heteroatoms. The average Bonchev–Trinajstić information content (AvgIpc) is 2.34. The summed E-state index contributed by atoms with van der Waals surface area (Å²) in [5.74, 6) is -0.448. The van der Waals surface area contributed by atoms with E-state index in [0.717, 1.165) is 0 Å². The molecule has 6 nitrogen and oxygen atoms in total. The summed E-state index contributed by atoms with van der Waals surface area (Å²) in [7, 11) is 0. The molecule has 2 aromatic rings. The molecule has 0 spiro atoms. The van der Waals surface area contributed by atoms with Gasteiger partial charge in [-0.25, -0.2) is 4.79 Å². The van der Waals surface area contributed by atoms with Crippen molar-refractivity contribution < 1.29 is 24.5 Å². The highest BCUT2D eigenvalue weighted by atomic mass is 16.4. The Bertz CT molecular complexity index is 759. The van der Waals surface area contributed by atoms with Crippen molar-refractivity contribution in [1.29, 1.82) is 0 Å². The number of hydrogen-bond donors (Lipinski definition) is 3. The summed E-state index contributed by atoms with van der Waals surface area (Å²) in [5.41, 5.74) is -0.558. The van der Waals surface area contributed by atoms with Crippen LogP contribution < -0.4 is 5.63 Å². The standard InChI is InChI=1S/C15H16O6/c1-7(16)3-10(17)6-11-4-9-5-12(18)8(2)14(19)13(9)15(20)21-11/h4-5,10,17-19H,3,6H2,1-2H3/t10-/m0/s1. The molecule has 0 unspecified atom stereocenters. The minimum absolute atomic E-state index is 0.000159. The molecule has 3 N–H and O–H groups in total. The number of carbonyl (C=O) groups is 1. The molecule has 0 saturated carbocycles. The number of phenols is 2. The topological polar surface area (TPSA) is 108 Å². The maximum Gasteiger partial charge on any atom is 0.347 e. The first kappa shape index (κ1) is 15.1. The van der Waals surface area contributed by atoms with Gasteiger partial charge in [-0.15, -0.1) is 0 Å². The minimum Gasteiger partial charge on any atom is -0.508 e. The van der Waals surface area contributed by atoms with Crippen LogP contribution in [0.3, 0.4) is 0 Å². The van der Waals surface area contributed by atoms with Gasteiger partial charge in [0.15, 0.2) is 0 Å². The average molecular weight is 292 g/mol. The van der Waals surface area contributed by atoms with E-state index in [1.54, 1.807) is 0 Å². The number of aliphatic hydroxyl groups is 1. The molecule has 2 rings (SSSR count). The molecule has 1 aromatic carbocycles. The third-order valence-corrected chi connectivity index (χ3v) is 3.26. The Hall–Kier alpha value is -2.34. The van der Waals surface area contributed by atoms with E-state index in [2.05, 4.69) is 0 Å². The van der Waals surface area contributed by atoms with Gasteiger partial charge in [0.1, 0.15) is 28.4 Å². The number of benzene rings is 1. The number of aromatic hydroxyl groups is 2. The van der Waals surface area contributed by atoms with Crippen molar-refractivity contribution in [2.24, 2.45) is 0 Å². The van der Waals surface area contributed by atoms with Crippen molar-refractivity contribution in [3.05, 3.63) is 33.9 Å². The molecule has 0 fully saturated rings. The van der Waals surface area contributed by atoms with Gasteiger partial charge < -0.3 is 19.7 Å². The van der Waals surface area contributed by atoms with Crippen LogP contribution in [0.4, 0.5) is 0 Å². The molecule has 0 radical (unpaired) electrons. The summed E-state index contributed by atoms with van der Waals surface area (Å²) in [4.78, 5) is 22.9. The predicted molar refractivity (Wildman–Crippen MR) is 75.6 cm³/mol. The highest BCUT2D eigenvalue weighted by molar-refractivity contribution is 5.90. The van der Waals surface area contributed by atoms with Crippen LogP contribution in [0, 0.1) is 6.92 Å². The van der Waals surface area contributed by atoms with Crippen LogP contribution in [0.25, 0.3) is 10.8 Å². The van der Waals surface area contributed by atoms with E-state index >= 15 is 0 Å². The van der Waals surface area contributed by atoms with E-state index < -0.39 is 11.7 Å². The summed E-state index contributed by atoms with van der Waals surface area (Å²) in [6.07, 6.45) is -0.984. The molecular weight excluding hydrogens is 276 g/mol. The van der Waals surface area contributed by atoms with Crippen molar-refractivity contribution in [1.82, 2.24) is 0 Å². The lowest BCUT2D eigenvalue weighted by Gasteiger charge is -2.10. The number of fused-ring (bicyclic) bond motifs is 1.